The highest BCUT2D eigenvalue weighted by molar-refractivity contribution is 7.89. The highest BCUT2D eigenvalue weighted by atomic mass is 32.2. The number of amides is 1. The molecule has 1 atom stereocenters. The van der Waals surface area contributed by atoms with E-state index in [0.29, 0.717) is 11.4 Å². The number of benzene rings is 1. The summed E-state index contributed by atoms with van der Waals surface area (Å²) in [4.78, 5) is 13.0. The number of sulfonamides is 1. The molecule has 1 aromatic rings. The molecule has 0 aromatic heterocycles. The number of rotatable bonds is 4. The molecule has 3 rings (SSSR count). The number of hydrogen-bond donors (Lipinski definition) is 1. The van der Waals surface area contributed by atoms with Crippen molar-refractivity contribution in [2.24, 2.45) is 5.92 Å². The predicted molar refractivity (Wildman–Crippen MR) is 97.6 cm³/mol. The molecule has 0 unspecified atom stereocenters. The number of carbonyl (C=O) groups excluding carboxylic acids is 1. The van der Waals surface area contributed by atoms with Crippen molar-refractivity contribution < 1.29 is 13.2 Å². The van der Waals surface area contributed by atoms with E-state index in [2.05, 4.69) is 5.32 Å². The van der Waals surface area contributed by atoms with E-state index in [0.717, 1.165) is 25.7 Å². The summed E-state index contributed by atoms with van der Waals surface area (Å²) in [5.41, 5.74) is 0. The molecule has 2 aliphatic rings. The molecule has 1 saturated heterocycles. The van der Waals surface area contributed by atoms with Crippen LogP contribution in [0.5, 0.6) is 0 Å². The van der Waals surface area contributed by atoms with Gasteiger partial charge in [-0.15, -0.1) is 0 Å². The average molecular weight is 365 g/mol. The lowest BCUT2D eigenvalue weighted by molar-refractivity contribution is -0.126. The van der Waals surface area contributed by atoms with Gasteiger partial charge in [0, 0.05) is 19.1 Å². The molecule has 1 saturated carbocycles. The van der Waals surface area contributed by atoms with Crippen LogP contribution in [0, 0.1) is 5.92 Å². The first-order valence-electron chi connectivity index (χ1n) is 9.43. The number of nitrogens with one attached hydrogen (secondary N) is 1. The Kier molecular flexibility index (Phi) is 6.12. The second kappa shape index (κ2) is 8.32. The molecule has 1 amide bonds. The van der Waals surface area contributed by atoms with E-state index < -0.39 is 10.0 Å². The van der Waals surface area contributed by atoms with Crippen molar-refractivity contribution in [3.8, 4) is 0 Å². The monoisotopic (exact) mass is 364 g/mol. The summed E-state index contributed by atoms with van der Waals surface area (Å²) in [6.07, 6.45) is 8.43. The summed E-state index contributed by atoms with van der Waals surface area (Å²) in [6.45, 7) is 0.778. The molecule has 6 heteroatoms. The zero-order valence-electron chi connectivity index (χ0n) is 14.7. The van der Waals surface area contributed by atoms with Gasteiger partial charge in [-0.2, -0.15) is 4.31 Å². The third kappa shape index (κ3) is 4.61. The van der Waals surface area contributed by atoms with Gasteiger partial charge in [0.25, 0.3) is 0 Å². The van der Waals surface area contributed by atoms with Gasteiger partial charge in [-0.05, 0) is 37.8 Å². The molecule has 1 aromatic carbocycles. The molecular weight excluding hydrogens is 336 g/mol. The standard InChI is InChI=1S/C19H28N2O3S/c22-19(20-17-10-4-1-2-5-11-17)16-9-8-14-21(15-16)25(23,24)18-12-6-3-7-13-18/h3,6-7,12-13,16-17H,1-2,4-5,8-11,14-15H2,(H,20,22)/t16-/m1/s1. The van der Waals surface area contributed by atoms with Gasteiger partial charge in [0.2, 0.25) is 15.9 Å². The van der Waals surface area contributed by atoms with E-state index in [-0.39, 0.29) is 24.4 Å². The summed E-state index contributed by atoms with van der Waals surface area (Å²) in [7, 11) is -3.51. The molecule has 1 heterocycles. The van der Waals surface area contributed by atoms with Crippen molar-refractivity contribution in [2.75, 3.05) is 13.1 Å². The number of nitrogens with zero attached hydrogens (tertiary/aromatic N) is 1. The van der Waals surface area contributed by atoms with Gasteiger partial charge in [-0.1, -0.05) is 43.9 Å². The zero-order chi connectivity index (χ0) is 17.7. The quantitative estimate of drug-likeness (QED) is 0.836. The largest absolute Gasteiger partial charge is 0.353 e. The minimum Gasteiger partial charge on any atom is -0.353 e. The second-order valence-electron chi connectivity index (χ2n) is 7.21. The van der Waals surface area contributed by atoms with Crippen LogP contribution < -0.4 is 5.32 Å². The first kappa shape index (κ1) is 18.4. The van der Waals surface area contributed by atoms with Crippen LogP contribution >= 0.6 is 0 Å². The van der Waals surface area contributed by atoms with Gasteiger partial charge in [-0.3, -0.25) is 4.79 Å². The molecule has 0 spiro atoms. The van der Waals surface area contributed by atoms with Crippen LogP contribution in [-0.2, 0) is 14.8 Å². The SMILES string of the molecule is O=C(NC1CCCCCC1)[C@@H]1CCCN(S(=O)(=O)c2ccccc2)C1. The fourth-order valence-corrected chi connectivity index (χ4v) is 5.40. The fraction of sp³-hybridized carbons (Fsp3) is 0.632. The van der Waals surface area contributed by atoms with E-state index in [9.17, 15) is 13.2 Å². The lowest BCUT2D eigenvalue weighted by atomic mass is 9.97. The first-order valence-corrected chi connectivity index (χ1v) is 10.9. The highest BCUT2D eigenvalue weighted by Crippen LogP contribution is 2.24. The summed E-state index contributed by atoms with van der Waals surface area (Å²) < 4.78 is 27.0. The minimum absolute atomic E-state index is 0.0276. The molecule has 0 bridgehead atoms. The zero-order valence-corrected chi connectivity index (χ0v) is 15.5. The molecule has 138 valence electrons. The highest BCUT2D eigenvalue weighted by Gasteiger charge is 2.33. The normalized spacial score (nSPS) is 23.8. The topological polar surface area (TPSA) is 66.5 Å². The Bertz CT molecular complexity index is 667. The summed E-state index contributed by atoms with van der Waals surface area (Å²) in [5, 5.41) is 3.18. The smallest absolute Gasteiger partial charge is 0.243 e. The maximum atomic E-state index is 12.8. The third-order valence-electron chi connectivity index (χ3n) is 5.34. The maximum absolute atomic E-state index is 12.8. The molecule has 1 aliphatic carbocycles. The Morgan fingerprint density at radius 3 is 2.32 bits per heavy atom. The van der Waals surface area contributed by atoms with E-state index in [1.54, 1.807) is 30.3 Å². The van der Waals surface area contributed by atoms with Crippen molar-refractivity contribution in [2.45, 2.75) is 62.3 Å². The van der Waals surface area contributed by atoms with Gasteiger partial charge in [0.1, 0.15) is 0 Å². The summed E-state index contributed by atoms with van der Waals surface area (Å²) in [5.74, 6) is -0.213. The van der Waals surface area contributed by atoms with Gasteiger partial charge < -0.3 is 5.32 Å². The van der Waals surface area contributed by atoms with Crippen LogP contribution in [0.25, 0.3) is 0 Å². The van der Waals surface area contributed by atoms with Crippen LogP contribution in [0.2, 0.25) is 0 Å². The number of carbonyl (C=O) groups is 1. The van der Waals surface area contributed by atoms with E-state index >= 15 is 0 Å². The number of hydrogen-bond acceptors (Lipinski definition) is 3. The Morgan fingerprint density at radius 1 is 0.960 bits per heavy atom. The molecule has 2 fully saturated rings. The van der Waals surface area contributed by atoms with E-state index in [4.69, 9.17) is 0 Å². The third-order valence-corrected chi connectivity index (χ3v) is 7.22. The van der Waals surface area contributed by atoms with Gasteiger partial charge in [0.05, 0.1) is 10.8 Å². The minimum atomic E-state index is -3.51. The van der Waals surface area contributed by atoms with Crippen molar-refractivity contribution in [3.05, 3.63) is 30.3 Å². The van der Waals surface area contributed by atoms with Gasteiger partial charge >= 0.3 is 0 Å². The molecule has 0 radical (unpaired) electrons. The van der Waals surface area contributed by atoms with Crippen LogP contribution in [0.1, 0.15) is 51.4 Å². The molecule has 1 N–H and O–H groups in total. The number of piperidine rings is 1. The van der Waals surface area contributed by atoms with Crippen LogP contribution in [0.15, 0.2) is 35.2 Å². The van der Waals surface area contributed by atoms with E-state index in [1.807, 2.05) is 0 Å². The average Bonchev–Trinajstić information content (AvgIpc) is 2.91. The molecule has 5 nitrogen and oxygen atoms in total. The molecular formula is C19H28N2O3S. The first-order chi connectivity index (χ1) is 12.1. The fourth-order valence-electron chi connectivity index (χ4n) is 3.86. The second-order valence-corrected chi connectivity index (χ2v) is 9.15. The van der Waals surface area contributed by atoms with Crippen molar-refractivity contribution in [3.63, 3.8) is 0 Å². The summed E-state index contributed by atoms with van der Waals surface area (Å²) >= 11 is 0. The van der Waals surface area contributed by atoms with Crippen molar-refractivity contribution in [1.82, 2.24) is 9.62 Å². The molecule has 25 heavy (non-hydrogen) atoms. The lowest BCUT2D eigenvalue weighted by Crippen LogP contribution is -2.47. The maximum Gasteiger partial charge on any atom is 0.243 e. The Hall–Kier alpha value is -1.40. The van der Waals surface area contributed by atoms with Crippen molar-refractivity contribution >= 4 is 15.9 Å². The predicted octanol–water partition coefficient (Wildman–Crippen LogP) is 2.93. The van der Waals surface area contributed by atoms with Gasteiger partial charge in [0.15, 0.2) is 0 Å². The van der Waals surface area contributed by atoms with Crippen LogP contribution in [0.4, 0.5) is 0 Å². The van der Waals surface area contributed by atoms with Crippen LogP contribution in [-0.4, -0.2) is 37.8 Å². The van der Waals surface area contributed by atoms with E-state index in [1.165, 1.54) is 30.0 Å². The van der Waals surface area contributed by atoms with Gasteiger partial charge in [-0.25, -0.2) is 8.42 Å². The lowest BCUT2D eigenvalue weighted by Gasteiger charge is -2.32. The Balaban J connectivity index is 1.63. The Labute approximate surface area is 150 Å². The van der Waals surface area contributed by atoms with Crippen LogP contribution in [0.3, 0.4) is 0 Å². The van der Waals surface area contributed by atoms with Crippen molar-refractivity contribution in [1.29, 1.82) is 0 Å². The summed E-state index contributed by atoms with van der Waals surface area (Å²) in [6, 6.07) is 8.75. The Morgan fingerprint density at radius 2 is 1.64 bits per heavy atom. The molecule has 1 aliphatic heterocycles.